The van der Waals surface area contributed by atoms with Crippen LogP contribution in [0.25, 0.3) is 6.08 Å². The van der Waals surface area contributed by atoms with Crippen molar-refractivity contribution >= 4 is 46.2 Å². The Hall–Kier alpha value is -3.06. The Morgan fingerprint density at radius 2 is 1.74 bits per heavy atom. The molecule has 0 bridgehead atoms. The molecule has 0 atom stereocenters. The number of rotatable bonds is 9. The topological polar surface area (TPSA) is 51.1 Å². The number of halogens is 1. The molecule has 0 saturated carbocycles. The van der Waals surface area contributed by atoms with Crippen LogP contribution in [0.5, 0.6) is 5.75 Å². The van der Waals surface area contributed by atoms with E-state index in [0.29, 0.717) is 34.9 Å². The van der Waals surface area contributed by atoms with Gasteiger partial charge in [-0.3, -0.25) is 9.69 Å². The maximum Gasteiger partial charge on any atom is 0.266 e. The first-order valence-corrected chi connectivity index (χ1v) is 12.1. The third kappa shape index (κ3) is 6.29. The molecule has 1 aliphatic heterocycles. The fraction of sp³-hybridized carbons (Fsp3) is 0.185. The first kappa shape index (κ1) is 24.1. The van der Waals surface area contributed by atoms with Gasteiger partial charge in [-0.05, 0) is 60.2 Å². The minimum atomic E-state index is -0.0465. The molecular formula is C27H25ClN2O3S. The number of methoxy groups -OCH3 is 1. The molecule has 5 nitrogen and oxygen atoms in total. The van der Waals surface area contributed by atoms with E-state index in [1.54, 1.807) is 12.0 Å². The van der Waals surface area contributed by atoms with Gasteiger partial charge in [0.25, 0.3) is 5.91 Å². The van der Waals surface area contributed by atoms with Crippen LogP contribution in [-0.2, 0) is 16.1 Å². The summed E-state index contributed by atoms with van der Waals surface area (Å²) in [6.07, 6.45) is 2.63. The van der Waals surface area contributed by atoms with Crippen molar-refractivity contribution in [3.05, 3.63) is 99.9 Å². The molecule has 0 N–H and O–H groups in total. The Balaban J connectivity index is 1.48. The fourth-order valence-electron chi connectivity index (χ4n) is 3.36. The van der Waals surface area contributed by atoms with E-state index in [1.807, 2.05) is 84.9 Å². The number of amidine groups is 1. The normalized spacial score (nSPS) is 15.9. The van der Waals surface area contributed by atoms with E-state index in [-0.39, 0.29) is 5.91 Å². The Labute approximate surface area is 209 Å². The molecule has 0 aromatic heterocycles. The molecule has 3 aromatic carbocycles. The van der Waals surface area contributed by atoms with Crippen molar-refractivity contribution in [3.63, 3.8) is 0 Å². The number of carbonyl (C=O) groups is 1. The predicted molar refractivity (Wildman–Crippen MR) is 140 cm³/mol. The van der Waals surface area contributed by atoms with Crippen LogP contribution in [0.3, 0.4) is 0 Å². The Morgan fingerprint density at radius 3 is 2.47 bits per heavy atom. The summed E-state index contributed by atoms with van der Waals surface area (Å²) < 4.78 is 11.0. The second-order valence-electron chi connectivity index (χ2n) is 7.59. The van der Waals surface area contributed by atoms with Gasteiger partial charge in [0.2, 0.25) is 0 Å². The van der Waals surface area contributed by atoms with Gasteiger partial charge in [0.1, 0.15) is 12.4 Å². The molecular weight excluding hydrogens is 468 g/mol. The van der Waals surface area contributed by atoms with Crippen LogP contribution in [0.1, 0.15) is 17.5 Å². The van der Waals surface area contributed by atoms with Gasteiger partial charge >= 0.3 is 0 Å². The van der Waals surface area contributed by atoms with E-state index in [1.165, 1.54) is 11.8 Å². The number of thioether (sulfide) groups is 1. The van der Waals surface area contributed by atoms with Gasteiger partial charge in [-0.2, -0.15) is 0 Å². The predicted octanol–water partition coefficient (Wildman–Crippen LogP) is 6.56. The highest BCUT2D eigenvalue weighted by molar-refractivity contribution is 8.18. The molecule has 4 rings (SSSR count). The number of ether oxygens (including phenoxy) is 2. The van der Waals surface area contributed by atoms with Crippen molar-refractivity contribution in [2.75, 3.05) is 20.3 Å². The van der Waals surface area contributed by atoms with Crippen LogP contribution in [0.4, 0.5) is 5.69 Å². The van der Waals surface area contributed by atoms with Crippen molar-refractivity contribution in [1.29, 1.82) is 0 Å². The van der Waals surface area contributed by atoms with Crippen LogP contribution in [0.15, 0.2) is 88.8 Å². The molecule has 1 fully saturated rings. The summed E-state index contributed by atoms with van der Waals surface area (Å²) >= 11 is 7.59. The second kappa shape index (κ2) is 11.9. The standard InChI is InChI=1S/C27H25ClN2O3S/c1-32-17-7-16-30-26(31)25(34-27(30)29-22-9-3-2-4-10-22)18-20-12-14-23(15-13-20)33-19-21-8-5-6-11-24(21)28/h2-6,8-15,18H,7,16-17,19H2,1H3/b25-18-,29-27?. The SMILES string of the molecule is COCCCN1C(=O)/C(=C/c2ccc(OCc3ccccc3Cl)cc2)SC1=Nc1ccccc1. The van der Waals surface area contributed by atoms with Gasteiger partial charge in [0.05, 0.1) is 10.6 Å². The summed E-state index contributed by atoms with van der Waals surface area (Å²) in [5.41, 5.74) is 2.66. The number of benzene rings is 3. The second-order valence-corrected chi connectivity index (χ2v) is 9.01. The summed E-state index contributed by atoms with van der Waals surface area (Å²) in [4.78, 5) is 20.2. The Morgan fingerprint density at radius 1 is 1.00 bits per heavy atom. The van der Waals surface area contributed by atoms with Gasteiger partial charge in [-0.15, -0.1) is 0 Å². The van der Waals surface area contributed by atoms with E-state index < -0.39 is 0 Å². The molecule has 1 aliphatic rings. The highest BCUT2D eigenvalue weighted by Gasteiger charge is 2.33. The summed E-state index contributed by atoms with van der Waals surface area (Å²) in [7, 11) is 1.66. The monoisotopic (exact) mass is 492 g/mol. The fourth-order valence-corrected chi connectivity index (χ4v) is 4.57. The lowest BCUT2D eigenvalue weighted by atomic mass is 10.2. The highest BCUT2D eigenvalue weighted by Crippen LogP contribution is 2.34. The van der Waals surface area contributed by atoms with Crippen LogP contribution < -0.4 is 4.74 Å². The Bertz CT molecular complexity index is 1180. The number of hydrogen-bond donors (Lipinski definition) is 0. The zero-order chi connectivity index (χ0) is 23.8. The van der Waals surface area contributed by atoms with Crippen molar-refractivity contribution in [2.45, 2.75) is 13.0 Å². The first-order valence-electron chi connectivity index (χ1n) is 10.9. The maximum absolute atomic E-state index is 13.1. The molecule has 0 radical (unpaired) electrons. The molecule has 1 saturated heterocycles. The summed E-state index contributed by atoms with van der Waals surface area (Å²) in [5.74, 6) is 0.690. The molecule has 1 heterocycles. The van der Waals surface area contributed by atoms with Crippen LogP contribution in [-0.4, -0.2) is 36.2 Å². The van der Waals surface area contributed by atoms with Gasteiger partial charge in [-0.25, -0.2) is 4.99 Å². The van der Waals surface area contributed by atoms with E-state index in [9.17, 15) is 4.79 Å². The number of nitrogens with zero attached hydrogens (tertiary/aromatic N) is 2. The largest absolute Gasteiger partial charge is 0.489 e. The average Bonchev–Trinajstić information content (AvgIpc) is 3.14. The minimum absolute atomic E-state index is 0.0465. The van der Waals surface area contributed by atoms with Crippen molar-refractivity contribution in [2.24, 2.45) is 4.99 Å². The zero-order valence-electron chi connectivity index (χ0n) is 18.8. The number of carbonyl (C=O) groups excluding carboxylic acids is 1. The van der Waals surface area contributed by atoms with Gasteiger partial charge in [-0.1, -0.05) is 60.1 Å². The van der Waals surface area contributed by atoms with Crippen LogP contribution in [0, 0.1) is 0 Å². The van der Waals surface area contributed by atoms with Crippen molar-refractivity contribution < 1.29 is 14.3 Å². The third-order valence-electron chi connectivity index (χ3n) is 5.13. The molecule has 34 heavy (non-hydrogen) atoms. The van der Waals surface area contributed by atoms with Crippen molar-refractivity contribution in [1.82, 2.24) is 4.90 Å². The number of amides is 1. The van der Waals surface area contributed by atoms with Crippen LogP contribution in [0.2, 0.25) is 5.02 Å². The first-order chi connectivity index (χ1) is 16.6. The quantitative estimate of drug-likeness (QED) is 0.251. The minimum Gasteiger partial charge on any atom is -0.489 e. The highest BCUT2D eigenvalue weighted by atomic mass is 35.5. The smallest absolute Gasteiger partial charge is 0.266 e. The third-order valence-corrected chi connectivity index (χ3v) is 6.50. The molecule has 174 valence electrons. The number of hydrogen-bond acceptors (Lipinski definition) is 5. The molecule has 3 aromatic rings. The molecule has 0 aliphatic carbocycles. The van der Waals surface area contributed by atoms with Gasteiger partial charge in [0.15, 0.2) is 5.17 Å². The lowest BCUT2D eigenvalue weighted by Gasteiger charge is -2.15. The lowest BCUT2D eigenvalue weighted by molar-refractivity contribution is -0.122. The van der Waals surface area contributed by atoms with Crippen LogP contribution >= 0.6 is 23.4 Å². The summed E-state index contributed by atoms with van der Waals surface area (Å²) in [6.45, 7) is 1.53. The summed E-state index contributed by atoms with van der Waals surface area (Å²) in [5, 5.41) is 1.36. The lowest BCUT2D eigenvalue weighted by Crippen LogP contribution is -2.30. The molecule has 0 unspecified atom stereocenters. The average molecular weight is 493 g/mol. The molecule has 1 amide bonds. The van der Waals surface area contributed by atoms with Gasteiger partial charge in [0, 0.05) is 30.8 Å². The maximum atomic E-state index is 13.1. The number of para-hydroxylation sites is 1. The molecule has 7 heteroatoms. The number of aliphatic imine (C=N–C) groups is 1. The zero-order valence-corrected chi connectivity index (χ0v) is 20.4. The van der Waals surface area contributed by atoms with E-state index >= 15 is 0 Å². The molecule has 0 spiro atoms. The van der Waals surface area contributed by atoms with Crippen molar-refractivity contribution in [3.8, 4) is 5.75 Å². The summed E-state index contributed by atoms with van der Waals surface area (Å²) in [6, 6.07) is 24.9. The van der Waals surface area contributed by atoms with E-state index in [2.05, 4.69) is 0 Å². The Kier molecular flexibility index (Phi) is 8.41. The van der Waals surface area contributed by atoms with E-state index in [4.69, 9.17) is 26.1 Å². The van der Waals surface area contributed by atoms with Gasteiger partial charge < -0.3 is 9.47 Å². The van der Waals surface area contributed by atoms with E-state index in [0.717, 1.165) is 29.0 Å².